The molecule has 3 heterocycles. The molecule has 0 aromatic carbocycles. The first-order valence-electron chi connectivity index (χ1n) is 7.48. The summed E-state index contributed by atoms with van der Waals surface area (Å²) in [7, 11) is 0. The Labute approximate surface area is 121 Å². The molecule has 2 bridgehead atoms. The van der Waals surface area contributed by atoms with Crippen molar-refractivity contribution in [1.82, 2.24) is 4.90 Å². The molecule has 4 nitrogen and oxygen atoms in total. The second-order valence-electron chi connectivity index (χ2n) is 7.63. The first-order chi connectivity index (χ1) is 9.15. The van der Waals surface area contributed by atoms with Gasteiger partial charge in [-0.15, -0.1) is 0 Å². The van der Waals surface area contributed by atoms with E-state index in [9.17, 15) is 4.79 Å². The Hall–Kier alpha value is -0.870. The normalized spacial score (nSPS) is 42.6. The van der Waals surface area contributed by atoms with Crippen LogP contribution in [0.2, 0.25) is 0 Å². The largest absolute Gasteiger partial charge is 0.374 e. The summed E-state index contributed by atoms with van der Waals surface area (Å²) in [5.74, 6) is 0.481. The molecule has 2 saturated heterocycles. The van der Waals surface area contributed by atoms with E-state index in [0.29, 0.717) is 13.2 Å². The molecule has 4 heteroatoms. The lowest BCUT2D eigenvalue weighted by Gasteiger charge is -2.27. The maximum atomic E-state index is 12.6. The zero-order valence-corrected chi connectivity index (χ0v) is 13.1. The minimum absolute atomic E-state index is 0.0212. The van der Waals surface area contributed by atoms with Crippen LogP contribution in [-0.4, -0.2) is 47.3 Å². The van der Waals surface area contributed by atoms with Crippen LogP contribution < -0.4 is 0 Å². The first-order valence-corrected chi connectivity index (χ1v) is 7.48. The molecule has 112 valence electrons. The van der Waals surface area contributed by atoms with Crippen LogP contribution in [0, 0.1) is 11.8 Å². The number of fused-ring (bicyclic) bond motifs is 5. The molecule has 1 amide bonds. The van der Waals surface area contributed by atoms with Gasteiger partial charge in [0.15, 0.2) is 0 Å². The number of hydrogen-bond acceptors (Lipinski definition) is 3. The fraction of sp³-hybridized carbons (Fsp3) is 0.812. The third-order valence-corrected chi connectivity index (χ3v) is 4.83. The summed E-state index contributed by atoms with van der Waals surface area (Å²) < 4.78 is 11.8. The van der Waals surface area contributed by atoms with Crippen LogP contribution in [0.4, 0.5) is 0 Å². The molecule has 0 saturated carbocycles. The number of nitrogens with zero attached hydrogens (tertiary/aromatic N) is 1. The van der Waals surface area contributed by atoms with E-state index in [1.807, 2.05) is 32.6 Å². The third-order valence-electron chi connectivity index (χ3n) is 4.83. The highest BCUT2D eigenvalue weighted by atomic mass is 16.5. The van der Waals surface area contributed by atoms with E-state index in [1.54, 1.807) is 0 Å². The zero-order valence-electron chi connectivity index (χ0n) is 13.1. The second-order valence-corrected chi connectivity index (χ2v) is 7.63. The van der Waals surface area contributed by atoms with Gasteiger partial charge in [-0.2, -0.15) is 0 Å². The van der Waals surface area contributed by atoms with Gasteiger partial charge in [-0.05, 0) is 34.6 Å². The minimum atomic E-state index is -0.407. The molecule has 3 aliphatic heterocycles. The SMILES string of the molecule is CC(C)(C)OCCN1C[C@@H]2[C@H](C1=O)C1(C)C=CC2(C)O1. The molecule has 0 radical (unpaired) electrons. The highest BCUT2D eigenvalue weighted by molar-refractivity contribution is 5.84. The van der Waals surface area contributed by atoms with E-state index in [1.165, 1.54) is 0 Å². The first kappa shape index (κ1) is 14.1. The molecular weight excluding hydrogens is 254 g/mol. The van der Waals surface area contributed by atoms with Gasteiger partial charge in [0.1, 0.15) is 0 Å². The molecule has 0 aromatic rings. The second kappa shape index (κ2) is 4.08. The topological polar surface area (TPSA) is 38.8 Å². The van der Waals surface area contributed by atoms with Crippen molar-refractivity contribution in [3.05, 3.63) is 12.2 Å². The van der Waals surface area contributed by atoms with Gasteiger partial charge in [-0.1, -0.05) is 12.2 Å². The number of likely N-dealkylation sites (tertiary alicyclic amines) is 1. The van der Waals surface area contributed by atoms with Crippen molar-refractivity contribution in [1.29, 1.82) is 0 Å². The van der Waals surface area contributed by atoms with E-state index in [2.05, 4.69) is 19.1 Å². The maximum absolute atomic E-state index is 12.6. The van der Waals surface area contributed by atoms with Crippen molar-refractivity contribution in [2.45, 2.75) is 51.4 Å². The summed E-state index contributed by atoms with van der Waals surface area (Å²) in [4.78, 5) is 14.6. The van der Waals surface area contributed by atoms with Crippen molar-refractivity contribution in [3.8, 4) is 0 Å². The number of hydrogen-bond donors (Lipinski definition) is 0. The summed E-state index contributed by atoms with van der Waals surface area (Å²) in [5.41, 5.74) is -0.828. The number of amides is 1. The molecule has 2 fully saturated rings. The van der Waals surface area contributed by atoms with E-state index in [4.69, 9.17) is 9.47 Å². The van der Waals surface area contributed by atoms with Gasteiger partial charge >= 0.3 is 0 Å². The van der Waals surface area contributed by atoms with Crippen LogP contribution >= 0.6 is 0 Å². The maximum Gasteiger partial charge on any atom is 0.229 e. The number of rotatable bonds is 3. The number of carbonyl (C=O) groups is 1. The van der Waals surface area contributed by atoms with Gasteiger partial charge < -0.3 is 14.4 Å². The van der Waals surface area contributed by atoms with Gasteiger partial charge in [0.25, 0.3) is 0 Å². The smallest absolute Gasteiger partial charge is 0.229 e. The van der Waals surface area contributed by atoms with Crippen LogP contribution in [0.15, 0.2) is 12.2 Å². The van der Waals surface area contributed by atoms with Gasteiger partial charge in [0.05, 0.1) is 29.3 Å². The lowest BCUT2D eigenvalue weighted by molar-refractivity contribution is -0.137. The molecule has 3 rings (SSSR count). The fourth-order valence-electron chi connectivity index (χ4n) is 3.86. The molecule has 0 N–H and O–H groups in total. The summed E-state index contributed by atoms with van der Waals surface area (Å²) in [6.07, 6.45) is 4.21. The van der Waals surface area contributed by atoms with Gasteiger partial charge in [0.2, 0.25) is 5.91 Å². The molecule has 3 aliphatic rings. The molecule has 0 aliphatic carbocycles. The zero-order chi connectivity index (χ0) is 14.8. The quantitative estimate of drug-likeness (QED) is 0.742. The van der Waals surface area contributed by atoms with Crippen molar-refractivity contribution in [3.63, 3.8) is 0 Å². The number of carbonyl (C=O) groups excluding carboxylic acids is 1. The molecule has 20 heavy (non-hydrogen) atoms. The average Bonchev–Trinajstić information content (AvgIpc) is 2.85. The van der Waals surface area contributed by atoms with E-state index >= 15 is 0 Å². The van der Waals surface area contributed by atoms with Crippen molar-refractivity contribution in [2.75, 3.05) is 19.7 Å². The standard InChI is InChI=1S/C16H25NO3/c1-14(2,3)19-9-8-17-10-11-12(13(17)18)16(5)7-6-15(11,4)20-16/h6-7,11-12H,8-10H2,1-5H3/t11-,12-,15?,16?/m1/s1. The Kier molecular flexibility index (Phi) is 2.87. The Morgan fingerprint density at radius 2 is 2.00 bits per heavy atom. The third kappa shape index (κ3) is 2.01. The van der Waals surface area contributed by atoms with Gasteiger partial charge in [-0.3, -0.25) is 4.79 Å². The monoisotopic (exact) mass is 279 g/mol. The summed E-state index contributed by atoms with van der Waals surface area (Å²) in [5, 5.41) is 0. The van der Waals surface area contributed by atoms with Crippen LogP contribution in [0.1, 0.15) is 34.6 Å². The van der Waals surface area contributed by atoms with Crippen molar-refractivity contribution in [2.24, 2.45) is 11.8 Å². The van der Waals surface area contributed by atoms with Gasteiger partial charge in [0, 0.05) is 19.0 Å². The average molecular weight is 279 g/mol. The van der Waals surface area contributed by atoms with Crippen LogP contribution in [0.3, 0.4) is 0 Å². The lowest BCUT2D eigenvalue weighted by atomic mass is 9.73. The Morgan fingerprint density at radius 1 is 1.35 bits per heavy atom. The lowest BCUT2D eigenvalue weighted by Crippen LogP contribution is -2.39. The fourth-order valence-corrected chi connectivity index (χ4v) is 3.86. The highest BCUT2D eigenvalue weighted by Crippen LogP contribution is 2.56. The minimum Gasteiger partial charge on any atom is -0.374 e. The Balaban J connectivity index is 1.67. The predicted octanol–water partition coefficient (Wildman–Crippen LogP) is 1.99. The summed E-state index contributed by atoms with van der Waals surface area (Å²) in [6, 6.07) is 0. The van der Waals surface area contributed by atoms with Crippen molar-refractivity contribution >= 4 is 5.91 Å². The van der Waals surface area contributed by atoms with Gasteiger partial charge in [-0.25, -0.2) is 0 Å². The summed E-state index contributed by atoms with van der Waals surface area (Å²) in [6.45, 7) is 12.3. The van der Waals surface area contributed by atoms with E-state index < -0.39 is 5.60 Å². The molecule has 0 aromatic heterocycles. The summed E-state index contributed by atoms with van der Waals surface area (Å²) >= 11 is 0. The molecule has 2 unspecified atom stereocenters. The number of ether oxygens (including phenoxy) is 2. The Morgan fingerprint density at radius 3 is 2.60 bits per heavy atom. The van der Waals surface area contributed by atoms with E-state index in [-0.39, 0.29) is 28.9 Å². The molecule has 4 atom stereocenters. The van der Waals surface area contributed by atoms with Crippen molar-refractivity contribution < 1.29 is 14.3 Å². The molecule has 0 spiro atoms. The van der Waals surface area contributed by atoms with Crippen LogP contribution in [0.5, 0.6) is 0 Å². The van der Waals surface area contributed by atoms with E-state index in [0.717, 1.165) is 6.54 Å². The molecular formula is C16H25NO3. The Bertz CT molecular complexity index is 467. The highest BCUT2D eigenvalue weighted by Gasteiger charge is 2.66. The predicted molar refractivity (Wildman–Crippen MR) is 76.3 cm³/mol. The van der Waals surface area contributed by atoms with Crippen LogP contribution in [0.25, 0.3) is 0 Å². The van der Waals surface area contributed by atoms with Crippen LogP contribution in [-0.2, 0) is 14.3 Å².